The molecule has 17 heavy (non-hydrogen) atoms. The van der Waals surface area contributed by atoms with Gasteiger partial charge in [0.15, 0.2) is 5.43 Å². The van der Waals surface area contributed by atoms with Crippen LogP contribution < -0.4 is 5.43 Å². The Bertz CT molecular complexity index is 636. The first-order valence-electron chi connectivity index (χ1n) is 5.14. The Hall–Kier alpha value is -0.950. The van der Waals surface area contributed by atoms with E-state index in [0.29, 0.717) is 14.5 Å². The van der Waals surface area contributed by atoms with Crippen LogP contribution in [0.25, 0.3) is 10.9 Å². The lowest BCUT2D eigenvalue weighted by atomic mass is 10.1. The molecule has 0 amide bonds. The maximum atomic E-state index is 13.9. The molecule has 0 fully saturated rings. The zero-order chi connectivity index (χ0) is 12.6. The molecule has 2 aromatic rings. The Morgan fingerprint density at radius 2 is 2.18 bits per heavy atom. The molecular weight excluding hydrogens is 336 g/mol. The summed E-state index contributed by atoms with van der Waals surface area (Å²) in [5.41, 5.74) is 0.647. The van der Waals surface area contributed by atoms with Gasteiger partial charge in [-0.15, -0.1) is 0 Å². The second-order valence-corrected chi connectivity index (χ2v) is 5.09. The van der Waals surface area contributed by atoms with Gasteiger partial charge in [0.25, 0.3) is 0 Å². The molecule has 1 aromatic carbocycles. The molecule has 0 atom stereocenters. The van der Waals surface area contributed by atoms with Crippen LogP contribution in [0.3, 0.4) is 0 Å². The smallest absolute Gasteiger partial charge is 0.192 e. The number of benzene rings is 1. The van der Waals surface area contributed by atoms with Crippen molar-refractivity contribution in [2.24, 2.45) is 0 Å². The maximum Gasteiger partial charge on any atom is 0.192 e. The number of aromatic nitrogens is 1. The number of nitrogens with zero attached hydrogens (tertiary/aromatic N) is 1. The summed E-state index contributed by atoms with van der Waals surface area (Å²) >= 11 is 1.98. The third-order valence-corrected chi connectivity index (χ3v) is 3.23. The minimum Gasteiger partial charge on any atom is -0.395 e. The van der Waals surface area contributed by atoms with Crippen molar-refractivity contribution >= 4 is 33.5 Å². The number of hydrogen-bond acceptors (Lipinski definition) is 2. The van der Waals surface area contributed by atoms with E-state index < -0.39 is 5.82 Å². The summed E-state index contributed by atoms with van der Waals surface area (Å²) in [6.45, 7) is 1.87. The van der Waals surface area contributed by atoms with Gasteiger partial charge in [0.2, 0.25) is 0 Å². The van der Waals surface area contributed by atoms with Crippen LogP contribution in [0.1, 0.15) is 5.56 Å². The normalized spacial score (nSPS) is 11.1. The summed E-state index contributed by atoms with van der Waals surface area (Å²) in [6, 6.07) is 3.05. The van der Waals surface area contributed by atoms with Crippen LogP contribution in [0.15, 0.2) is 23.1 Å². The van der Waals surface area contributed by atoms with Gasteiger partial charge in [0.1, 0.15) is 5.82 Å². The van der Waals surface area contributed by atoms with Crippen molar-refractivity contribution in [2.75, 3.05) is 6.61 Å². The molecule has 0 aliphatic heterocycles. The molecule has 2 rings (SSSR count). The minimum atomic E-state index is -0.433. The van der Waals surface area contributed by atoms with Gasteiger partial charge >= 0.3 is 0 Å². The molecule has 0 spiro atoms. The lowest BCUT2D eigenvalue weighted by Crippen LogP contribution is -2.15. The third kappa shape index (κ3) is 2.21. The first kappa shape index (κ1) is 12.5. The highest BCUT2D eigenvalue weighted by Crippen LogP contribution is 2.19. The fourth-order valence-electron chi connectivity index (χ4n) is 1.88. The summed E-state index contributed by atoms with van der Waals surface area (Å²) in [7, 11) is 0. The first-order valence-corrected chi connectivity index (χ1v) is 6.22. The van der Waals surface area contributed by atoms with Crippen LogP contribution in [0.4, 0.5) is 4.39 Å². The summed E-state index contributed by atoms with van der Waals surface area (Å²) in [5.74, 6) is -0.433. The Balaban J connectivity index is 2.93. The van der Waals surface area contributed by atoms with E-state index in [-0.39, 0.29) is 24.1 Å². The van der Waals surface area contributed by atoms with Crippen LogP contribution in [0, 0.1) is 16.3 Å². The summed E-state index contributed by atoms with van der Waals surface area (Å²) in [5, 5.41) is 9.33. The molecular formula is C12H11FINO2. The van der Waals surface area contributed by atoms with Crippen molar-refractivity contribution < 1.29 is 9.50 Å². The van der Waals surface area contributed by atoms with E-state index in [4.69, 9.17) is 5.11 Å². The fourth-order valence-corrected chi connectivity index (χ4v) is 2.47. The molecule has 1 heterocycles. The first-order chi connectivity index (χ1) is 8.04. The van der Waals surface area contributed by atoms with Crippen molar-refractivity contribution in [3.05, 3.63) is 43.5 Å². The van der Waals surface area contributed by atoms with E-state index in [2.05, 4.69) is 0 Å². The van der Waals surface area contributed by atoms with Gasteiger partial charge in [-0.05, 0) is 41.6 Å². The van der Waals surface area contributed by atoms with Crippen LogP contribution >= 0.6 is 22.6 Å². The number of aliphatic hydroxyl groups is 1. The third-order valence-electron chi connectivity index (χ3n) is 2.61. The average Bonchev–Trinajstić information content (AvgIpc) is 2.25. The number of hydrogen-bond donors (Lipinski definition) is 1. The summed E-state index contributed by atoms with van der Waals surface area (Å²) in [6.07, 6.45) is 1.58. The number of pyridine rings is 1. The van der Waals surface area contributed by atoms with Gasteiger partial charge in [0, 0.05) is 27.3 Å². The summed E-state index contributed by atoms with van der Waals surface area (Å²) in [4.78, 5) is 11.9. The molecule has 90 valence electrons. The molecule has 0 unspecified atom stereocenters. The molecule has 1 aromatic heterocycles. The number of halogens is 2. The second-order valence-electron chi connectivity index (χ2n) is 3.84. The quantitative estimate of drug-likeness (QED) is 0.845. The van der Waals surface area contributed by atoms with E-state index in [9.17, 15) is 9.18 Å². The monoisotopic (exact) mass is 347 g/mol. The Morgan fingerprint density at radius 1 is 1.47 bits per heavy atom. The maximum absolute atomic E-state index is 13.9. The predicted molar refractivity (Wildman–Crippen MR) is 72.7 cm³/mol. The summed E-state index contributed by atoms with van der Waals surface area (Å²) < 4.78 is 16.2. The lowest BCUT2D eigenvalue weighted by molar-refractivity contribution is 0.277. The Labute approximate surface area is 111 Å². The van der Waals surface area contributed by atoms with Crippen molar-refractivity contribution in [2.45, 2.75) is 13.5 Å². The number of aryl methyl sites for hydroxylation is 1. The van der Waals surface area contributed by atoms with Gasteiger partial charge in [-0.3, -0.25) is 4.79 Å². The molecule has 1 N–H and O–H groups in total. The van der Waals surface area contributed by atoms with E-state index >= 15 is 0 Å². The zero-order valence-corrected chi connectivity index (χ0v) is 11.4. The Kier molecular flexibility index (Phi) is 3.48. The molecule has 0 aliphatic carbocycles. The van der Waals surface area contributed by atoms with Crippen molar-refractivity contribution in [1.29, 1.82) is 0 Å². The standard InChI is InChI=1S/C12H11FINO2/c1-7-6-15(2-3-16)11-9(12(7)17)4-8(14)5-10(11)13/h4-6,16H,2-3H2,1H3. The highest BCUT2D eigenvalue weighted by molar-refractivity contribution is 14.1. The molecule has 0 radical (unpaired) electrons. The topological polar surface area (TPSA) is 42.2 Å². The van der Waals surface area contributed by atoms with E-state index in [0.717, 1.165) is 0 Å². The Morgan fingerprint density at radius 3 is 2.82 bits per heavy atom. The number of aliphatic hydroxyl groups excluding tert-OH is 1. The number of rotatable bonds is 2. The minimum absolute atomic E-state index is 0.0944. The van der Waals surface area contributed by atoms with Gasteiger partial charge in [0.05, 0.1) is 12.1 Å². The average molecular weight is 347 g/mol. The van der Waals surface area contributed by atoms with E-state index in [1.807, 2.05) is 22.6 Å². The molecule has 0 saturated heterocycles. The molecule has 5 heteroatoms. The van der Waals surface area contributed by atoms with Crippen LogP contribution in [-0.4, -0.2) is 16.3 Å². The SMILES string of the molecule is Cc1cn(CCO)c2c(F)cc(I)cc2c1=O. The second kappa shape index (κ2) is 4.73. The fraction of sp³-hybridized carbons (Fsp3) is 0.250. The molecule has 3 nitrogen and oxygen atoms in total. The predicted octanol–water partition coefficient (Wildman–Crippen LogP) is 2.05. The van der Waals surface area contributed by atoms with Gasteiger partial charge < -0.3 is 9.67 Å². The van der Waals surface area contributed by atoms with Crippen LogP contribution in [0.2, 0.25) is 0 Å². The van der Waals surface area contributed by atoms with Gasteiger partial charge in [-0.2, -0.15) is 0 Å². The van der Waals surface area contributed by atoms with E-state index in [1.54, 1.807) is 23.8 Å². The van der Waals surface area contributed by atoms with E-state index in [1.165, 1.54) is 6.07 Å². The molecule has 0 saturated carbocycles. The van der Waals surface area contributed by atoms with Crippen molar-refractivity contribution in [3.8, 4) is 0 Å². The zero-order valence-electron chi connectivity index (χ0n) is 9.20. The highest BCUT2D eigenvalue weighted by atomic mass is 127. The highest BCUT2D eigenvalue weighted by Gasteiger charge is 2.11. The molecule has 0 aliphatic rings. The van der Waals surface area contributed by atoms with Gasteiger partial charge in [-0.25, -0.2) is 4.39 Å². The van der Waals surface area contributed by atoms with Crippen LogP contribution in [0.5, 0.6) is 0 Å². The number of fused-ring (bicyclic) bond motifs is 1. The molecule has 0 bridgehead atoms. The van der Waals surface area contributed by atoms with Gasteiger partial charge in [-0.1, -0.05) is 0 Å². The van der Waals surface area contributed by atoms with Crippen molar-refractivity contribution in [1.82, 2.24) is 4.57 Å². The largest absolute Gasteiger partial charge is 0.395 e. The van der Waals surface area contributed by atoms with Crippen LogP contribution in [-0.2, 0) is 6.54 Å². The van der Waals surface area contributed by atoms with Crippen molar-refractivity contribution in [3.63, 3.8) is 0 Å². The lowest BCUT2D eigenvalue weighted by Gasteiger charge is -2.12.